The maximum absolute atomic E-state index is 11.8. The molecule has 0 bridgehead atoms. The average Bonchev–Trinajstić information content (AvgIpc) is 2.13. The number of rotatable bonds is 2. The molecular formula is C8H15ClF3N3O. The highest BCUT2D eigenvalue weighted by molar-refractivity contribution is 5.85. The van der Waals surface area contributed by atoms with Crippen molar-refractivity contribution in [2.24, 2.45) is 11.8 Å². The molecule has 1 amide bonds. The Morgan fingerprint density at radius 3 is 2.62 bits per heavy atom. The highest BCUT2D eigenvalue weighted by atomic mass is 35.5. The van der Waals surface area contributed by atoms with Crippen LogP contribution in [0.15, 0.2) is 0 Å². The quantitative estimate of drug-likeness (QED) is 0.719. The molecule has 1 fully saturated rings. The van der Waals surface area contributed by atoms with Gasteiger partial charge in [-0.3, -0.25) is 10.6 Å². The smallest absolute Gasteiger partial charge is 0.347 e. The summed E-state index contributed by atoms with van der Waals surface area (Å²) in [5.41, 5.74) is 0. The van der Waals surface area contributed by atoms with E-state index in [1.54, 1.807) is 0 Å². The van der Waals surface area contributed by atoms with Gasteiger partial charge in [0, 0.05) is 13.1 Å². The van der Waals surface area contributed by atoms with Gasteiger partial charge in [-0.05, 0) is 12.8 Å². The van der Waals surface area contributed by atoms with E-state index in [2.05, 4.69) is 0 Å². The molecule has 1 rings (SSSR count). The summed E-state index contributed by atoms with van der Waals surface area (Å²) >= 11 is 0. The molecule has 3 N–H and O–H groups in total. The van der Waals surface area contributed by atoms with E-state index < -0.39 is 24.5 Å². The van der Waals surface area contributed by atoms with E-state index in [0.717, 1.165) is 6.42 Å². The van der Waals surface area contributed by atoms with Crippen LogP contribution in [0.3, 0.4) is 0 Å². The van der Waals surface area contributed by atoms with Gasteiger partial charge in [0.1, 0.15) is 6.54 Å². The lowest BCUT2D eigenvalue weighted by Gasteiger charge is -2.28. The van der Waals surface area contributed by atoms with Crippen LogP contribution in [0.5, 0.6) is 0 Å². The molecule has 96 valence electrons. The van der Waals surface area contributed by atoms with E-state index in [-0.39, 0.29) is 12.4 Å². The van der Waals surface area contributed by atoms with Gasteiger partial charge < -0.3 is 5.32 Å². The molecule has 16 heavy (non-hydrogen) atoms. The molecule has 0 saturated carbocycles. The maximum atomic E-state index is 11.8. The first-order valence-electron chi connectivity index (χ1n) is 4.72. The normalized spacial score (nSPS) is 22.4. The van der Waals surface area contributed by atoms with Gasteiger partial charge in [0.15, 0.2) is 0 Å². The van der Waals surface area contributed by atoms with E-state index in [9.17, 15) is 18.0 Å². The van der Waals surface area contributed by atoms with Crippen LogP contribution in [-0.4, -0.2) is 36.7 Å². The minimum Gasteiger partial charge on any atom is -0.347 e. The lowest BCUT2D eigenvalue weighted by Crippen LogP contribution is -2.47. The Bertz CT molecular complexity index is 237. The highest BCUT2D eigenvalue weighted by Crippen LogP contribution is 2.16. The molecule has 0 spiro atoms. The molecule has 1 aliphatic heterocycles. The number of piperidine rings is 1. The van der Waals surface area contributed by atoms with Gasteiger partial charge in [-0.25, -0.2) is 5.01 Å². The molecule has 1 saturated heterocycles. The fourth-order valence-corrected chi connectivity index (χ4v) is 1.55. The monoisotopic (exact) mass is 261 g/mol. The summed E-state index contributed by atoms with van der Waals surface area (Å²) in [5.74, 6) is 4.48. The third kappa shape index (κ3) is 5.53. The second-order valence-corrected chi connectivity index (χ2v) is 3.67. The van der Waals surface area contributed by atoms with Crippen LogP contribution >= 0.6 is 12.4 Å². The number of nitrogens with zero attached hydrogens (tertiary/aromatic N) is 1. The van der Waals surface area contributed by atoms with Crippen molar-refractivity contribution in [1.82, 2.24) is 10.3 Å². The molecular weight excluding hydrogens is 247 g/mol. The minimum atomic E-state index is -4.35. The SMILES string of the molecule is Cl.NN1CCCC(C(=O)NCC(F)(F)F)C1. The fourth-order valence-electron chi connectivity index (χ4n) is 1.55. The molecule has 4 nitrogen and oxygen atoms in total. The van der Waals surface area contributed by atoms with Crippen molar-refractivity contribution < 1.29 is 18.0 Å². The van der Waals surface area contributed by atoms with Crippen molar-refractivity contribution >= 4 is 18.3 Å². The molecule has 1 atom stereocenters. The Labute approximate surface area is 97.7 Å². The van der Waals surface area contributed by atoms with Crippen LogP contribution in [0, 0.1) is 5.92 Å². The second kappa shape index (κ2) is 6.27. The summed E-state index contributed by atoms with van der Waals surface area (Å²) in [7, 11) is 0. The van der Waals surface area contributed by atoms with Gasteiger partial charge in [0.05, 0.1) is 5.92 Å². The predicted molar refractivity (Wildman–Crippen MR) is 54.8 cm³/mol. The summed E-state index contributed by atoms with van der Waals surface area (Å²) in [6, 6.07) is 0. The van der Waals surface area contributed by atoms with Gasteiger partial charge in [-0.15, -0.1) is 12.4 Å². The molecule has 1 heterocycles. The van der Waals surface area contributed by atoms with Crippen molar-refractivity contribution in [2.45, 2.75) is 19.0 Å². The van der Waals surface area contributed by atoms with Crippen LogP contribution in [0.2, 0.25) is 0 Å². The number of amides is 1. The summed E-state index contributed by atoms with van der Waals surface area (Å²) in [5, 5.41) is 3.33. The summed E-state index contributed by atoms with van der Waals surface area (Å²) < 4.78 is 35.4. The molecule has 0 aromatic heterocycles. The standard InChI is InChI=1S/C8H14F3N3O.ClH/c9-8(10,11)5-13-7(15)6-2-1-3-14(12)4-6;/h6H,1-5,12H2,(H,13,15);1H. The zero-order valence-electron chi connectivity index (χ0n) is 8.59. The first-order valence-corrected chi connectivity index (χ1v) is 4.72. The highest BCUT2D eigenvalue weighted by Gasteiger charge is 2.30. The Morgan fingerprint density at radius 1 is 1.50 bits per heavy atom. The number of halogens is 4. The van der Waals surface area contributed by atoms with Crippen molar-refractivity contribution in [3.63, 3.8) is 0 Å². The molecule has 8 heteroatoms. The number of carbonyl (C=O) groups excluding carboxylic acids is 1. The van der Waals surface area contributed by atoms with Crippen molar-refractivity contribution in [1.29, 1.82) is 0 Å². The summed E-state index contributed by atoms with van der Waals surface area (Å²) in [4.78, 5) is 11.3. The number of hydrazine groups is 1. The van der Waals surface area contributed by atoms with Crippen LogP contribution in [-0.2, 0) is 4.79 Å². The molecule has 1 unspecified atom stereocenters. The maximum Gasteiger partial charge on any atom is 0.405 e. The Morgan fingerprint density at radius 2 is 2.12 bits per heavy atom. The van der Waals surface area contributed by atoms with E-state index >= 15 is 0 Å². The zero-order valence-corrected chi connectivity index (χ0v) is 9.40. The first-order chi connectivity index (χ1) is 6.88. The zero-order chi connectivity index (χ0) is 11.5. The number of nitrogens with one attached hydrogen (secondary N) is 1. The number of hydrogen-bond donors (Lipinski definition) is 2. The Hall–Kier alpha value is -0.530. The van der Waals surface area contributed by atoms with Gasteiger partial charge in [-0.1, -0.05) is 0 Å². The number of carbonyl (C=O) groups is 1. The molecule has 0 aromatic rings. The third-order valence-corrected chi connectivity index (χ3v) is 2.29. The van der Waals surface area contributed by atoms with Crippen molar-refractivity contribution in [3.8, 4) is 0 Å². The van der Waals surface area contributed by atoms with Crippen LogP contribution in [0.4, 0.5) is 13.2 Å². The first kappa shape index (κ1) is 15.5. The minimum absolute atomic E-state index is 0. The van der Waals surface area contributed by atoms with Gasteiger partial charge in [0.2, 0.25) is 5.91 Å². The summed E-state index contributed by atoms with van der Waals surface area (Å²) in [6.07, 6.45) is -3.02. The number of alkyl halides is 3. The molecule has 0 aromatic carbocycles. The van der Waals surface area contributed by atoms with E-state index in [4.69, 9.17) is 5.84 Å². The van der Waals surface area contributed by atoms with Crippen LogP contribution in [0.25, 0.3) is 0 Å². The van der Waals surface area contributed by atoms with Crippen molar-refractivity contribution in [2.75, 3.05) is 19.6 Å². The third-order valence-electron chi connectivity index (χ3n) is 2.29. The van der Waals surface area contributed by atoms with Crippen molar-refractivity contribution in [3.05, 3.63) is 0 Å². The predicted octanol–water partition coefficient (Wildman–Crippen LogP) is 0.672. The van der Waals surface area contributed by atoms with E-state index in [1.807, 2.05) is 5.32 Å². The average molecular weight is 262 g/mol. The largest absolute Gasteiger partial charge is 0.405 e. The second-order valence-electron chi connectivity index (χ2n) is 3.67. The lowest BCUT2D eigenvalue weighted by atomic mass is 9.98. The molecule has 0 radical (unpaired) electrons. The van der Waals surface area contributed by atoms with Gasteiger partial charge >= 0.3 is 6.18 Å². The summed E-state index contributed by atoms with van der Waals surface area (Å²) in [6.45, 7) is -0.264. The Kier molecular flexibility index (Phi) is 6.06. The van der Waals surface area contributed by atoms with Crippen LogP contribution < -0.4 is 11.2 Å². The number of nitrogens with two attached hydrogens (primary N) is 1. The van der Waals surface area contributed by atoms with E-state index in [0.29, 0.717) is 19.5 Å². The van der Waals surface area contributed by atoms with Crippen LogP contribution in [0.1, 0.15) is 12.8 Å². The molecule has 1 aliphatic rings. The lowest BCUT2D eigenvalue weighted by molar-refractivity contribution is -0.141. The van der Waals surface area contributed by atoms with Gasteiger partial charge in [-0.2, -0.15) is 13.2 Å². The van der Waals surface area contributed by atoms with Gasteiger partial charge in [0.25, 0.3) is 0 Å². The van der Waals surface area contributed by atoms with E-state index in [1.165, 1.54) is 5.01 Å². The Balaban J connectivity index is 0.00000225. The fraction of sp³-hybridized carbons (Fsp3) is 0.875. The number of hydrogen-bond acceptors (Lipinski definition) is 3. The molecule has 0 aliphatic carbocycles. The topological polar surface area (TPSA) is 58.4 Å².